The van der Waals surface area contributed by atoms with Gasteiger partial charge in [0, 0.05) is 24.2 Å². The van der Waals surface area contributed by atoms with E-state index in [1.54, 1.807) is 6.20 Å². The Morgan fingerprint density at radius 3 is 3.14 bits per heavy atom. The summed E-state index contributed by atoms with van der Waals surface area (Å²) in [5.74, 6) is 2.08. The molecule has 3 rings (SSSR count). The summed E-state index contributed by atoms with van der Waals surface area (Å²) in [4.78, 5) is 4.07. The van der Waals surface area contributed by atoms with Gasteiger partial charge in [0.15, 0.2) is 0 Å². The molecule has 0 aliphatic heterocycles. The van der Waals surface area contributed by atoms with Crippen LogP contribution in [0.25, 0.3) is 11.0 Å². The number of nitrogens with zero attached hydrogens (tertiary/aromatic N) is 1. The highest BCUT2D eigenvalue weighted by Crippen LogP contribution is 2.34. The highest BCUT2D eigenvalue weighted by molar-refractivity contribution is 5.76. The zero-order valence-electron chi connectivity index (χ0n) is 8.07. The molecular weight excluding hydrogens is 174 g/mol. The van der Waals surface area contributed by atoms with Crippen molar-refractivity contribution in [2.75, 3.05) is 0 Å². The lowest BCUT2D eigenvalue weighted by molar-refractivity contribution is 0.528. The fourth-order valence-corrected chi connectivity index (χ4v) is 1.82. The Balaban J connectivity index is 1.82. The minimum Gasteiger partial charge on any atom is -0.461 e. The zero-order valence-corrected chi connectivity index (χ0v) is 8.07. The first-order chi connectivity index (χ1) is 6.92. The van der Waals surface area contributed by atoms with Crippen molar-refractivity contribution >= 4 is 11.0 Å². The smallest absolute Gasteiger partial charge is 0.137 e. The Morgan fingerprint density at radius 1 is 1.43 bits per heavy atom. The molecular formula is C12H13NO. The lowest BCUT2D eigenvalue weighted by Gasteiger charge is -1.92. The molecule has 2 heteroatoms. The number of fused-ring (bicyclic) bond motifs is 1. The molecule has 2 aromatic heterocycles. The third-order valence-electron chi connectivity index (χ3n) is 2.86. The third-order valence-corrected chi connectivity index (χ3v) is 2.86. The van der Waals surface area contributed by atoms with Crippen molar-refractivity contribution in [3.05, 3.63) is 30.3 Å². The fraction of sp³-hybridized carbons (Fsp3) is 0.417. The second-order valence-electron chi connectivity index (χ2n) is 4.11. The standard InChI is InChI=1S/C12H13NO/c1-2-9(1)3-4-11-7-10-8-13-6-5-12(10)14-11/h5-9H,1-4H2. The van der Waals surface area contributed by atoms with Gasteiger partial charge in [0.1, 0.15) is 11.3 Å². The van der Waals surface area contributed by atoms with Crippen molar-refractivity contribution in [2.24, 2.45) is 5.92 Å². The van der Waals surface area contributed by atoms with Crippen molar-refractivity contribution in [3.63, 3.8) is 0 Å². The first kappa shape index (κ1) is 8.04. The molecule has 1 aliphatic carbocycles. The van der Waals surface area contributed by atoms with E-state index in [-0.39, 0.29) is 0 Å². The Labute approximate surface area is 82.9 Å². The number of hydrogen-bond acceptors (Lipinski definition) is 2. The molecule has 0 N–H and O–H groups in total. The van der Waals surface area contributed by atoms with Crippen LogP contribution in [0.2, 0.25) is 0 Å². The predicted molar refractivity (Wildman–Crippen MR) is 55.1 cm³/mol. The summed E-state index contributed by atoms with van der Waals surface area (Å²) < 4.78 is 5.71. The van der Waals surface area contributed by atoms with Crippen molar-refractivity contribution in [1.82, 2.24) is 4.98 Å². The second-order valence-corrected chi connectivity index (χ2v) is 4.11. The van der Waals surface area contributed by atoms with E-state index >= 15 is 0 Å². The van der Waals surface area contributed by atoms with Gasteiger partial charge in [0.25, 0.3) is 0 Å². The number of hydrogen-bond donors (Lipinski definition) is 0. The maximum Gasteiger partial charge on any atom is 0.137 e. The van der Waals surface area contributed by atoms with E-state index in [2.05, 4.69) is 11.1 Å². The molecule has 0 bridgehead atoms. The SMILES string of the molecule is c1cc2oc(CCC3CC3)cc2cn1. The van der Waals surface area contributed by atoms with E-state index in [1.807, 2.05) is 12.3 Å². The lowest BCUT2D eigenvalue weighted by Crippen LogP contribution is -1.82. The molecule has 1 saturated carbocycles. The Kier molecular flexibility index (Phi) is 1.79. The van der Waals surface area contributed by atoms with Crippen LogP contribution in [-0.4, -0.2) is 4.98 Å². The summed E-state index contributed by atoms with van der Waals surface area (Å²) in [6.07, 6.45) is 8.84. The molecule has 1 aliphatic rings. The minimum atomic E-state index is 0.964. The molecule has 0 unspecified atom stereocenters. The van der Waals surface area contributed by atoms with Gasteiger partial charge in [-0.1, -0.05) is 12.8 Å². The molecule has 2 aromatic rings. The van der Waals surface area contributed by atoms with E-state index in [0.717, 1.165) is 29.1 Å². The predicted octanol–water partition coefficient (Wildman–Crippen LogP) is 3.17. The van der Waals surface area contributed by atoms with Crippen LogP contribution < -0.4 is 0 Å². The van der Waals surface area contributed by atoms with Crippen molar-refractivity contribution in [1.29, 1.82) is 0 Å². The molecule has 2 nitrogen and oxygen atoms in total. The molecule has 0 aromatic carbocycles. The molecule has 14 heavy (non-hydrogen) atoms. The Bertz CT molecular complexity index is 409. The van der Waals surface area contributed by atoms with Crippen LogP contribution in [0.4, 0.5) is 0 Å². The normalized spacial score (nSPS) is 16.3. The van der Waals surface area contributed by atoms with Gasteiger partial charge >= 0.3 is 0 Å². The fourth-order valence-electron chi connectivity index (χ4n) is 1.82. The van der Waals surface area contributed by atoms with E-state index in [0.29, 0.717) is 0 Å². The van der Waals surface area contributed by atoms with Gasteiger partial charge in [-0.15, -0.1) is 0 Å². The van der Waals surface area contributed by atoms with Crippen molar-refractivity contribution < 1.29 is 4.42 Å². The average Bonchev–Trinajstić information content (AvgIpc) is 2.94. The molecule has 2 heterocycles. The van der Waals surface area contributed by atoms with Crippen LogP contribution in [-0.2, 0) is 6.42 Å². The van der Waals surface area contributed by atoms with Gasteiger partial charge in [-0.05, 0) is 24.5 Å². The third kappa shape index (κ3) is 1.52. The van der Waals surface area contributed by atoms with E-state index in [4.69, 9.17) is 4.42 Å². The summed E-state index contributed by atoms with van der Waals surface area (Å²) in [7, 11) is 0. The summed E-state index contributed by atoms with van der Waals surface area (Å²) in [5, 5.41) is 1.12. The molecule has 0 saturated heterocycles. The van der Waals surface area contributed by atoms with E-state index in [9.17, 15) is 0 Å². The van der Waals surface area contributed by atoms with Crippen LogP contribution in [0, 0.1) is 5.92 Å². The maximum absolute atomic E-state index is 5.71. The molecule has 1 fully saturated rings. The second kappa shape index (κ2) is 3.12. The first-order valence-electron chi connectivity index (χ1n) is 5.24. The number of pyridine rings is 1. The van der Waals surface area contributed by atoms with Crippen LogP contribution in [0.1, 0.15) is 25.0 Å². The molecule has 0 atom stereocenters. The van der Waals surface area contributed by atoms with Crippen LogP contribution in [0.5, 0.6) is 0 Å². The number of aromatic nitrogens is 1. The Morgan fingerprint density at radius 2 is 2.36 bits per heavy atom. The summed E-state index contributed by atoms with van der Waals surface area (Å²) in [6.45, 7) is 0. The number of rotatable bonds is 3. The van der Waals surface area contributed by atoms with Crippen LogP contribution in [0.15, 0.2) is 28.9 Å². The highest BCUT2D eigenvalue weighted by atomic mass is 16.3. The number of aryl methyl sites for hydroxylation is 1. The van der Waals surface area contributed by atoms with E-state index in [1.165, 1.54) is 19.3 Å². The molecule has 0 spiro atoms. The minimum absolute atomic E-state index is 0.964. The van der Waals surface area contributed by atoms with Crippen molar-refractivity contribution in [3.8, 4) is 0 Å². The van der Waals surface area contributed by atoms with Gasteiger partial charge in [0.05, 0.1) is 0 Å². The molecule has 0 amide bonds. The molecule has 0 radical (unpaired) electrons. The van der Waals surface area contributed by atoms with Gasteiger partial charge in [-0.25, -0.2) is 0 Å². The Hall–Kier alpha value is -1.31. The van der Waals surface area contributed by atoms with Gasteiger partial charge in [-0.3, -0.25) is 4.98 Å². The highest BCUT2D eigenvalue weighted by Gasteiger charge is 2.21. The zero-order chi connectivity index (χ0) is 9.38. The topological polar surface area (TPSA) is 26.0 Å². The van der Waals surface area contributed by atoms with E-state index < -0.39 is 0 Å². The van der Waals surface area contributed by atoms with Crippen LogP contribution in [0.3, 0.4) is 0 Å². The summed E-state index contributed by atoms with van der Waals surface area (Å²) >= 11 is 0. The molecule has 72 valence electrons. The first-order valence-corrected chi connectivity index (χ1v) is 5.24. The van der Waals surface area contributed by atoms with Gasteiger partial charge < -0.3 is 4.42 Å². The number of furan rings is 1. The quantitative estimate of drug-likeness (QED) is 0.737. The average molecular weight is 187 g/mol. The van der Waals surface area contributed by atoms with Crippen molar-refractivity contribution in [2.45, 2.75) is 25.7 Å². The lowest BCUT2D eigenvalue weighted by atomic mass is 10.2. The van der Waals surface area contributed by atoms with Gasteiger partial charge in [0.2, 0.25) is 0 Å². The summed E-state index contributed by atoms with van der Waals surface area (Å²) in [5.41, 5.74) is 0.964. The van der Waals surface area contributed by atoms with Crippen LogP contribution >= 0.6 is 0 Å². The van der Waals surface area contributed by atoms with Gasteiger partial charge in [-0.2, -0.15) is 0 Å². The monoisotopic (exact) mass is 187 g/mol. The largest absolute Gasteiger partial charge is 0.461 e. The summed E-state index contributed by atoms with van der Waals surface area (Å²) in [6, 6.07) is 4.04. The maximum atomic E-state index is 5.71.